The molecule has 1 aromatic heterocycles. The molecule has 8 nitrogen and oxygen atoms in total. The summed E-state index contributed by atoms with van der Waals surface area (Å²) < 4.78 is 12.2. The van der Waals surface area contributed by atoms with E-state index in [9.17, 15) is 9.59 Å². The molecule has 2 N–H and O–H groups in total. The summed E-state index contributed by atoms with van der Waals surface area (Å²) in [4.78, 5) is 23.8. The zero-order chi connectivity index (χ0) is 23.8. The van der Waals surface area contributed by atoms with Crippen LogP contribution in [-0.4, -0.2) is 48.4 Å². The van der Waals surface area contributed by atoms with E-state index in [0.29, 0.717) is 35.5 Å². The van der Waals surface area contributed by atoms with Gasteiger partial charge in [-0.05, 0) is 42.1 Å². The smallest absolute Gasteiger partial charge is 0.325 e. The minimum absolute atomic E-state index is 0.0493. The molecule has 0 radical (unpaired) electrons. The molecule has 0 unspecified atom stereocenters. The van der Waals surface area contributed by atoms with Gasteiger partial charge in [-0.15, -0.1) is 5.10 Å². The molecule has 10 heteroatoms. The summed E-state index contributed by atoms with van der Waals surface area (Å²) in [6.07, 6.45) is 2.21. The first-order valence-electron chi connectivity index (χ1n) is 11.3. The molecule has 0 aromatic carbocycles. The molecular formula is C22H36ClN3O5Si. The molecule has 3 aliphatic carbocycles. The van der Waals surface area contributed by atoms with Crippen molar-refractivity contribution in [3.8, 4) is 5.88 Å². The highest BCUT2D eigenvalue weighted by Gasteiger charge is 2.56. The van der Waals surface area contributed by atoms with Gasteiger partial charge in [-0.2, -0.15) is 0 Å². The van der Waals surface area contributed by atoms with Crippen LogP contribution in [0.25, 0.3) is 0 Å². The molecule has 0 aliphatic heterocycles. The van der Waals surface area contributed by atoms with Crippen molar-refractivity contribution < 1.29 is 19.4 Å². The van der Waals surface area contributed by atoms with Crippen molar-refractivity contribution in [2.45, 2.75) is 71.9 Å². The monoisotopic (exact) mass is 485 g/mol. The van der Waals surface area contributed by atoms with Crippen LogP contribution in [0.5, 0.6) is 5.88 Å². The van der Waals surface area contributed by atoms with Gasteiger partial charge in [0.1, 0.15) is 17.3 Å². The molecular weight excluding hydrogens is 450 g/mol. The van der Waals surface area contributed by atoms with E-state index < -0.39 is 26.1 Å². The Bertz CT molecular complexity index is 914. The van der Waals surface area contributed by atoms with Crippen LogP contribution in [0.3, 0.4) is 0 Å². The lowest BCUT2D eigenvalue weighted by atomic mass is 9.45. The summed E-state index contributed by atoms with van der Waals surface area (Å²) in [6.45, 7) is 13.6. The third kappa shape index (κ3) is 5.31. The Balaban J connectivity index is 1.79. The number of aromatic nitrogens is 2. The standard InChI is InChI=1S/C22H36ClN3O5Si/c1-13-15-9-14(22(15,2)3)10-16(13)24-19-18(23)21(29)26(11-17(27)28)25-20(19)31-12-30-7-8-32(4,5)6/h13-16,24H,7-12H2,1-6H3,(H,27,28)/t13-,14+,15-,16-/m1/s1. The molecule has 2 bridgehead atoms. The summed E-state index contributed by atoms with van der Waals surface area (Å²) in [7, 11) is -1.23. The molecule has 3 fully saturated rings. The number of aliphatic carboxylic acids is 1. The number of ether oxygens (including phenoxy) is 2. The highest BCUT2D eigenvalue weighted by molar-refractivity contribution is 6.76. The van der Waals surface area contributed by atoms with Gasteiger partial charge in [-0.3, -0.25) is 9.59 Å². The molecule has 1 heterocycles. The lowest BCUT2D eigenvalue weighted by Gasteiger charge is -2.62. The van der Waals surface area contributed by atoms with Gasteiger partial charge in [0.2, 0.25) is 0 Å². The van der Waals surface area contributed by atoms with Gasteiger partial charge in [0.25, 0.3) is 11.4 Å². The first kappa shape index (κ1) is 25.0. The minimum atomic E-state index is -1.23. The van der Waals surface area contributed by atoms with Crippen molar-refractivity contribution in [2.75, 3.05) is 18.7 Å². The maximum absolute atomic E-state index is 12.6. The van der Waals surface area contributed by atoms with Crippen LogP contribution in [0.2, 0.25) is 30.7 Å². The van der Waals surface area contributed by atoms with E-state index in [-0.39, 0.29) is 23.7 Å². The first-order valence-corrected chi connectivity index (χ1v) is 15.4. The van der Waals surface area contributed by atoms with Crippen LogP contribution in [0.4, 0.5) is 5.69 Å². The molecule has 0 amide bonds. The summed E-state index contributed by atoms with van der Waals surface area (Å²) in [5.74, 6) is 0.529. The van der Waals surface area contributed by atoms with Crippen LogP contribution in [0, 0.1) is 23.2 Å². The number of carboxylic acids is 1. The summed E-state index contributed by atoms with van der Waals surface area (Å²) in [5, 5.41) is 16.6. The predicted octanol–water partition coefficient (Wildman–Crippen LogP) is 4.16. The molecule has 0 spiro atoms. The predicted molar refractivity (Wildman–Crippen MR) is 127 cm³/mol. The number of anilines is 1. The van der Waals surface area contributed by atoms with Crippen LogP contribution in [0.15, 0.2) is 4.79 Å². The average Bonchev–Trinajstić information content (AvgIpc) is 2.67. The zero-order valence-corrected chi connectivity index (χ0v) is 21.7. The zero-order valence-electron chi connectivity index (χ0n) is 19.9. The van der Waals surface area contributed by atoms with Crippen molar-refractivity contribution >= 4 is 31.3 Å². The van der Waals surface area contributed by atoms with Crippen LogP contribution < -0.4 is 15.6 Å². The summed E-state index contributed by atoms with van der Waals surface area (Å²) >= 11 is 6.41. The van der Waals surface area contributed by atoms with E-state index in [2.05, 4.69) is 50.8 Å². The third-order valence-corrected chi connectivity index (χ3v) is 9.37. The van der Waals surface area contributed by atoms with Gasteiger partial charge in [-0.1, -0.05) is 52.0 Å². The highest BCUT2D eigenvalue weighted by Crippen LogP contribution is 2.61. The number of nitrogens with zero attached hydrogens (tertiary/aromatic N) is 2. The van der Waals surface area contributed by atoms with Gasteiger partial charge in [0.15, 0.2) is 6.79 Å². The number of carboxylic acid groups (broad SMARTS) is 1. The Kier molecular flexibility index (Phi) is 7.31. The first-order chi connectivity index (χ1) is 14.8. The lowest BCUT2D eigenvalue weighted by Crippen LogP contribution is -2.58. The molecule has 180 valence electrons. The van der Waals surface area contributed by atoms with Crippen LogP contribution in [0.1, 0.15) is 33.6 Å². The average molecular weight is 486 g/mol. The number of carbonyl (C=O) groups is 1. The Morgan fingerprint density at radius 2 is 2.03 bits per heavy atom. The number of halogens is 1. The maximum atomic E-state index is 12.6. The Hall–Kier alpha value is -1.58. The van der Waals surface area contributed by atoms with Crippen molar-refractivity contribution in [2.24, 2.45) is 23.2 Å². The molecule has 4 rings (SSSR count). The van der Waals surface area contributed by atoms with Gasteiger partial charge >= 0.3 is 5.97 Å². The molecule has 1 aromatic rings. The van der Waals surface area contributed by atoms with Crippen molar-refractivity contribution in [1.82, 2.24) is 9.78 Å². The van der Waals surface area contributed by atoms with Gasteiger partial charge in [0.05, 0.1) is 0 Å². The quantitative estimate of drug-likeness (QED) is 0.291. The van der Waals surface area contributed by atoms with E-state index in [1.165, 1.54) is 6.42 Å². The van der Waals surface area contributed by atoms with Crippen molar-refractivity contribution in [1.29, 1.82) is 0 Å². The van der Waals surface area contributed by atoms with E-state index >= 15 is 0 Å². The summed E-state index contributed by atoms with van der Waals surface area (Å²) in [5.41, 5.74) is -0.00535. The molecule has 32 heavy (non-hydrogen) atoms. The molecule has 4 atom stereocenters. The number of hydrogen-bond acceptors (Lipinski definition) is 6. The fraction of sp³-hybridized carbons (Fsp3) is 0.773. The van der Waals surface area contributed by atoms with E-state index in [1.54, 1.807) is 0 Å². The van der Waals surface area contributed by atoms with E-state index in [0.717, 1.165) is 17.1 Å². The molecule has 0 saturated heterocycles. The second kappa shape index (κ2) is 9.35. The van der Waals surface area contributed by atoms with Crippen molar-refractivity contribution in [3.63, 3.8) is 0 Å². The fourth-order valence-corrected chi connectivity index (χ4v) is 6.03. The third-order valence-electron chi connectivity index (χ3n) is 7.31. The Labute approximate surface area is 195 Å². The topological polar surface area (TPSA) is 103 Å². The number of fused-ring (bicyclic) bond motifs is 2. The Morgan fingerprint density at radius 3 is 2.59 bits per heavy atom. The van der Waals surface area contributed by atoms with E-state index in [1.807, 2.05) is 0 Å². The molecule has 3 aliphatic rings. The normalized spacial score (nSPS) is 26.3. The summed E-state index contributed by atoms with van der Waals surface area (Å²) in [6, 6.07) is 1.13. The number of nitrogens with one attached hydrogen (secondary N) is 1. The second-order valence-electron chi connectivity index (χ2n) is 11.0. The maximum Gasteiger partial charge on any atom is 0.325 e. The van der Waals surface area contributed by atoms with Gasteiger partial charge in [-0.25, -0.2) is 4.68 Å². The van der Waals surface area contributed by atoms with Crippen LogP contribution >= 0.6 is 11.6 Å². The SMILES string of the molecule is C[C@@H]1[C@H]2C[C@@H](C[C@H]1Nc1c(OCOCC[Si](C)(C)C)nn(CC(=O)O)c(=O)c1Cl)C2(C)C. The minimum Gasteiger partial charge on any atom is -0.480 e. The highest BCUT2D eigenvalue weighted by atomic mass is 35.5. The Morgan fingerprint density at radius 1 is 1.34 bits per heavy atom. The second-order valence-corrected chi connectivity index (χ2v) is 17.0. The fourth-order valence-electron chi connectivity index (χ4n) is 5.04. The van der Waals surface area contributed by atoms with Gasteiger partial charge < -0.3 is 19.9 Å². The molecule has 3 saturated carbocycles. The van der Waals surface area contributed by atoms with Gasteiger partial charge in [0, 0.05) is 20.7 Å². The lowest BCUT2D eigenvalue weighted by molar-refractivity contribution is -0.138. The van der Waals surface area contributed by atoms with E-state index in [4.69, 9.17) is 26.2 Å². The number of hydrogen-bond donors (Lipinski definition) is 2. The van der Waals surface area contributed by atoms with Crippen molar-refractivity contribution in [3.05, 3.63) is 15.4 Å². The van der Waals surface area contributed by atoms with Crippen LogP contribution in [-0.2, 0) is 16.1 Å². The largest absolute Gasteiger partial charge is 0.480 e. The number of rotatable bonds is 10.